The van der Waals surface area contributed by atoms with Gasteiger partial charge in [-0.25, -0.2) is 4.39 Å². The zero-order valence-electron chi connectivity index (χ0n) is 10.5. The van der Waals surface area contributed by atoms with Crippen molar-refractivity contribution in [3.63, 3.8) is 0 Å². The van der Waals surface area contributed by atoms with Gasteiger partial charge in [0.2, 0.25) is 0 Å². The Morgan fingerprint density at radius 1 is 1.20 bits per heavy atom. The van der Waals surface area contributed by atoms with Gasteiger partial charge in [-0.15, -0.1) is 0 Å². The predicted octanol–water partition coefficient (Wildman–Crippen LogP) is 4.29. The molecule has 0 radical (unpaired) electrons. The van der Waals surface area contributed by atoms with Crippen LogP contribution in [0.5, 0.6) is 0 Å². The Morgan fingerprint density at radius 3 is 2.80 bits per heavy atom. The Bertz CT molecular complexity index is 794. The van der Waals surface area contributed by atoms with Gasteiger partial charge in [0.1, 0.15) is 5.82 Å². The van der Waals surface area contributed by atoms with Gasteiger partial charge in [-0.05, 0) is 29.8 Å². The van der Waals surface area contributed by atoms with Gasteiger partial charge in [0.05, 0.1) is 5.52 Å². The van der Waals surface area contributed by atoms with Gasteiger partial charge in [0, 0.05) is 28.7 Å². The lowest BCUT2D eigenvalue weighted by atomic mass is 10.2. The van der Waals surface area contributed by atoms with E-state index in [2.05, 4.69) is 0 Å². The molecule has 100 valence electrons. The third-order valence-corrected chi connectivity index (χ3v) is 3.48. The fraction of sp³-hybridized carbons (Fsp3) is 0.0625. The monoisotopic (exact) mass is 287 g/mol. The number of fused-ring (bicyclic) bond motifs is 1. The largest absolute Gasteiger partial charge is 0.342 e. The minimum absolute atomic E-state index is 0.271. The zero-order chi connectivity index (χ0) is 14.1. The van der Waals surface area contributed by atoms with Crippen LogP contribution < -0.4 is 0 Å². The van der Waals surface area contributed by atoms with Crippen LogP contribution in [-0.2, 0) is 6.54 Å². The summed E-state index contributed by atoms with van der Waals surface area (Å²) in [5.41, 5.74) is 2.30. The Balaban J connectivity index is 2.11. The lowest BCUT2D eigenvalue weighted by Crippen LogP contribution is -1.98. The highest BCUT2D eigenvalue weighted by Crippen LogP contribution is 2.24. The number of carbonyl (C=O) groups is 1. The van der Waals surface area contributed by atoms with Crippen molar-refractivity contribution in [1.29, 1.82) is 0 Å². The molecule has 0 aliphatic rings. The van der Waals surface area contributed by atoms with E-state index in [4.69, 9.17) is 11.6 Å². The van der Waals surface area contributed by atoms with Crippen molar-refractivity contribution in [2.24, 2.45) is 0 Å². The molecule has 0 unspecified atom stereocenters. The molecule has 3 aromatic rings. The standard InChI is InChI=1S/C16H11ClFNO/c17-13-4-5-15-12(10-20)9-19(16(15)7-13)8-11-2-1-3-14(18)6-11/h1-7,9-10H,8H2. The topological polar surface area (TPSA) is 22.0 Å². The molecule has 0 saturated heterocycles. The smallest absolute Gasteiger partial charge is 0.152 e. The van der Waals surface area contributed by atoms with Crippen LogP contribution in [0, 0.1) is 5.82 Å². The summed E-state index contributed by atoms with van der Waals surface area (Å²) < 4.78 is 15.1. The summed E-state index contributed by atoms with van der Waals surface area (Å²) in [7, 11) is 0. The Hall–Kier alpha value is -2.13. The molecule has 0 N–H and O–H groups in total. The fourth-order valence-corrected chi connectivity index (χ4v) is 2.52. The van der Waals surface area contributed by atoms with Crippen LogP contribution >= 0.6 is 11.6 Å². The molecular weight excluding hydrogens is 277 g/mol. The second-order valence-corrected chi connectivity index (χ2v) is 5.06. The number of halogens is 2. The zero-order valence-corrected chi connectivity index (χ0v) is 11.3. The van der Waals surface area contributed by atoms with E-state index in [1.165, 1.54) is 12.1 Å². The van der Waals surface area contributed by atoms with Crippen molar-refractivity contribution in [3.05, 3.63) is 70.6 Å². The maximum absolute atomic E-state index is 13.2. The number of aromatic nitrogens is 1. The van der Waals surface area contributed by atoms with Crippen molar-refractivity contribution < 1.29 is 9.18 Å². The molecule has 0 amide bonds. The molecule has 0 bridgehead atoms. The molecule has 0 aliphatic heterocycles. The van der Waals surface area contributed by atoms with Gasteiger partial charge in [-0.2, -0.15) is 0 Å². The molecule has 0 fully saturated rings. The lowest BCUT2D eigenvalue weighted by Gasteiger charge is -2.06. The first kappa shape index (κ1) is 12.9. The van der Waals surface area contributed by atoms with E-state index in [1.54, 1.807) is 18.3 Å². The highest BCUT2D eigenvalue weighted by Gasteiger charge is 2.09. The molecule has 2 aromatic carbocycles. The average molecular weight is 288 g/mol. The van der Waals surface area contributed by atoms with E-state index < -0.39 is 0 Å². The number of nitrogens with zero attached hydrogens (tertiary/aromatic N) is 1. The van der Waals surface area contributed by atoms with Crippen LogP contribution in [0.2, 0.25) is 5.02 Å². The van der Waals surface area contributed by atoms with E-state index in [9.17, 15) is 9.18 Å². The molecule has 2 nitrogen and oxygen atoms in total. The maximum Gasteiger partial charge on any atom is 0.152 e. The first-order chi connectivity index (χ1) is 9.67. The highest BCUT2D eigenvalue weighted by atomic mass is 35.5. The average Bonchev–Trinajstić information content (AvgIpc) is 2.76. The van der Waals surface area contributed by atoms with Crippen molar-refractivity contribution in [2.45, 2.75) is 6.54 Å². The summed E-state index contributed by atoms with van der Waals surface area (Å²) in [6.45, 7) is 0.489. The summed E-state index contributed by atoms with van der Waals surface area (Å²) in [4.78, 5) is 11.1. The Labute approximate surface area is 120 Å². The molecule has 1 aromatic heterocycles. The first-order valence-corrected chi connectivity index (χ1v) is 6.53. The molecule has 4 heteroatoms. The summed E-state index contributed by atoms with van der Waals surface area (Å²) in [5.74, 6) is -0.271. The van der Waals surface area contributed by atoms with Gasteiger partial charge in [-0.1, -0.05) is 29.8 Å². The number of benzene rings is 2. The van der Waals surface area contributed by atoms with Gasteiger partial charge < -0.3 is 4.57 Å². The minimum Gasteiger partial charge on any atom is -0.342 e. The summed E-state index contributed by atoms with van der Waals surface area (Å²) >= 11 is 6.01. The molecule has 0 spiro atoms. The summed E-state index contributed by atoms with van der Waals surface area (Å²) in [5, 5.41) is 1.45. The number of rotatable bonds is 3. The van der Waals surface area contributed by atoms with Gasteiger partial charge in [0.25, 0.3) is 0 Å². The van der Waals surface area contributed by atoms with Gasteiger partial charge in [-0.3, -0.25) is 4.79 Å². The minimum atomic E-state index is -0.271. The van der Waals surface area contributed by atoms with Gasteiger partial charge in [0.15, 0.2) is 6.29 Å². The molecule has 0 atom stereocenters. The van der Waals surface area contributed by atoms with Gasteiger partial charge >= 0.3 is 0 Å². The maximum atomic E-state index is 13.2. The third kappa shape index (κ3) is 2.32. The molecular formula is C16H11ClFNO. The third-order valence-electron chi connectivity index (χ3n) is 3.24. The van der Waals surface area contributed by atoms with E-state index >= 15 is 0 Å². The Kier molecular flexibility index (Phi) is 3.28. The van der Waals surface area contributed by atoms with Crippen molar-refractivity contribution >= 4 is 28.8 Å². The van der Waals surface area contributed by atoms with E-state index in [0.717, 1.165) is 22.8 Å². The van der Waals surface area contributed by atoms with E-state index in [0.29, 0.717) is 17.1 Å². The fourth-order valence-electron chi connectivity index (χ4n) is 2.35. The molecule has 1 heterocycles. The second kappa shape index (κ2) is 5.10. The first-order valence-electron chi connectivity index (χ1n) is 6.15. The number of aldehydes is 1. The number of hydrogen-bond donors (Lipinski definition) is 0. The van der Waals surface area contributed by atoms with E-state index in [-0.39, 0.29) is 5.82 Å². The Morgan fingerprint density at radius 2 is 2.05 bits per heavy atom. The van der Waals surface area contributed by atoms with Crippen molar-refractivity contribution in [1.82, 2.24) is 4.57 Å². The molecule has 0 saturated carbocycles. The van der Waals surface area contributed by atoms with Crippen LogP contribution in [0.25, 0.3) is 10.9 Å². The van der Waals surface area contributed by atoms with Crippen molar-refractivity contribution in [2.75, 3.05) is 0 Å². The number of carbonyl (C=O) groups excluding carboxylic acids is 1. The number of hydrogen-bond acceptors (Lipinski definition) is 1. The summed E-state index contributed by atoms with van der Waals surface area (Å²) in [6, 6.07) is 11.8. The van der Waals surface area contributed by atoms with Crippen LogP contribution in [0.1, 0.15) is 15.9 Å². The quantitative estimate of drug-likeness (QED) is 0.659. The van der Waals surface area contributed by atoms with Crippen LogP contribution in [0.3, 0.4) is 0 Å². The van der Waals surface area contributed by atoms with E-state index in [1.807, 2.05) is 22.8 Å². The molecule has 0 aliphatic carbocycles. The van der Waals surface area contributed by atoms with Crippen LogP contribution in [0.4, 0.5) is 4.39 Å². The lowest BCUT2D eigenvalue weighted by molar-refractivity contribution is 0.112. The molecule has 20 heavy (non-hydrogen) atoms. The normalized spacial score (nSPS) is 10.9. The van der Waals surface area contributed by atoms with Crippen LogP contribution in [-0.4, -0.2) is 10.9 Å². The molecule has 3 rings (SSSR count). The highest BCUT2D eigenvalue weighted by molar-refractivity contribution is 6.31. The summed E-state index contributed by atoms with van der Waals surface area (Å²) in [6.07, 6.45) is 2.58. The second-order valence-electron chi connectivity index (χ2n) is 4.62. The van der Waals surface area contributed by atoms with Crippen LogP contribution in [0.15, 0.2) is 48.7 Å². The SMILES string of the molecule is O=Cc1cn(Cc2cccc(F)c2)c2cc(Cl)ccc12. The predicted molar refractivity (Wildman–Crippen MR) is 77.8 cm³/mol. The van der Waals surface area contributed by atoms with Crippen molar-refractivity contribution in [3.8, 4) is 0 Å².